The molecule has 3 N–H and O–H groups in total. The third-order valence-electron chi connectivity index (χ3n) is 5.25. The van der Waals surface area contributed by atoms with Crippen LogP contribution in [0.25, 0.3) is 0 Å². The first-order valence-corrected chi connectivity index (χ1v) is 10.6. The zero-order valence-corrected chi connectivity index (χ0v) is 16.8. The van der Waals surface area contributed by atoms with Crippen LogP contribution in [0.3, 0.4) is 0 Å². The Morgan fingerprint density at radius 2 is 1.85 bits per heavy atom. The number of hydrogen-bond donors (Lipinski definition) is 3. The second-order valence-electron chi connectivity index (χ2n) is 7.36. The van der Waals surface area contributed by atoms with E-state index in [1.54, 1.807) is 7.05 Å². The predicted octanol–water partition coefficient (Wildman–Crippen LogP) is 3.45. The van der Waals surface area contributed by atoms with Crippen LogP contribution < -0.4 is 10.6 Å². The van der Waals surface area contributed by atoms with Gasteiger partial charge in [0.2, 0.25) is 0 Å². The van der Waals surface area contributed by atoms with Crippen LogP contribution in [0.4, 0.5) is 0 Å². The van der Waals surface area contributed by atoms with E-state index in [1.807, 2.05) is 30.3 Å². The van der Waals surface area contributed by atoms with Crippen molar-refractivity contribution in [2.75, 3.05) is 33.4 Å². The molecule has 1 fully saturated rings. The summed E-state index contributed by atoms with van der Waals surface area (Å²) in [7, 11) is 1.78. The van der Waals surface area contributed by atoms with E-state index in [1.165, 1.54) is 38.5 Å². The third kappa shape index (κ3) is 8.76. The third-order valence-corrected chi connectivity index (χ3v) is 5.25. The molecule has 0 amide bonds. The number of guanidine groups is 1. The molecule has 1 unspecified atom stereocenters. The molecule has 1 saturated carbocycles. The van der Waals surface area contributed by atoms with E-state index in [0.29, 0.717) is 12.6 Å². The van der Waals surface area contributed by atoms with Crippen molar-refractivity contribution in [1.82, 2.24) is 10.6 Å². The molecule has 0 spiro atoms. The molecule has 0 saturated heterocycles. The van der Waals surface area contributed by atoms with E-state index in [9.17, 15) is 5.11 Å². The van der Waals surface area contributed by atoms with Crippen molar-refractivity contribution in [3.63, 3.8) is 0 Å². The van der Waals surface area contributed by atoms with Crippen molar-refractivity contribution in [2.24, 2.45) is 4.99 Å². The van der Waals surface area contributed by atoms with E-state index >= 15 is 0 Å². The molecule has 2 rings (SSSR count). The fraction of sp³-hybridized carbons (Fsp3) is 0.682. The Hall–Kier alpha value is -1.59. The van der Waals surface area contributed by atoms with Crippen molar-refractivity contribution in [1.29, 1.82) is 0 Å². The quantitative estimate of drug-likeness (QED) is 0.254. The average molecular weight is 376 g/mol. The maximum atomic E-state index is 9.65. The van der Waals surface area contributed by atoms with Gasteiger partial charge in [-0.15, -0.1) is 0 Å². The van der Waals surface area contributed by atoms with Gasteiger partial charge in [-0.3, -0.25) is 4.99 Å². The number of aliphatic hydroxyl groups excluding tert-OH is 1. The number of nitrogens with zero attached hydrogens (tertiary/aromatic N) is 1. The SMILES string of the molecule is CN=C(NCCCCOC1CCCCCC1)NCC(CO)c1ccccc1. The molecule has 0 heterocycles. The van der Waals surface area contributed by atoms with E-state index in [0.717, 1.165) is 37.5 Å². The highest BCUT2D eigenvalue weighted by atomic mass is 16.5. The van der Waals surface area contributed by atoms with Crippen LogP contribution >= 0.6 is 0 Å². The van der Waals surface area contributed by atoms with Crippen molar-refractivity contribution in [3.8, 4) is 0 Å². The number of rotatable bonds is 10. The Kier molecular flexibility index (Phi) is 10.9. The van der Waals surface area contributed by atoms with Crippen LogP contribution in [0.15, 0.2) is 35.3 Å². The number of aliphatic hydroxyl groups is 1. The lowest BCUT2D eigenvalue weighted by Crippen LogP contribution is -2.40. The van der Waals surface area contributed by atoms with Gasteiger partial charge in [-0.2, -0.15) is 0 Å². The zero-order valence-electron chi connectivity index (χ0n) is 16.8. The molecule has 152 valence electrons. The summed E-state index contributed by atoms with van der Waals surface area (Å²) in [6, 6.07) is 10.1. The maximum Gasteiger partial charge on any atom is 0.190 e. The zero-order chi connectivity index (χ0) is 19.2. The summed E-state index contributed by atoms with van der Waals surface area (Å²) in [4.78, 5) is 4.27. The standard InChI is InChI=1S/C22H37N3O2/c1-23-22(25-17-20(18-26)19-11-5-4-6-12-19)24-15-9-10-16-27-21-13-7-2-3-8-14-21/h4-6,11-12,20-21,26H,2-3,7-10,13-18H2,1H3,(H2,23,24,25). The molecule has 1 atom stereocenters. The minimum atomic E-state index is 0.0673. The average Bonchev–Trinajstić information content (AvgIpc) is 2.99. The minimum Gasteiger partial charge on any atom is -0.396 e. The lowest BCUT2D eigenvalue weighted by atomic mass is 10.0. The van der Waals surface area contributed by atoms with Gasteiger partial charge in [-0.05, 0) is 31.2 Å². The first-order valence-electron chi connectivity index (χ1n) is 10.6. The summed E-state index contributed by atoms with van der Waals surface area (Å²) in [6.07, 6.45) is 10.5. The number of benzene rings is 1. The van der Waals surface area contributed by atoms with Crippen molar-refractivity contribution in [3.05, 3.63) is 35.9 Å². The van der Waals surface area contributed by atoms with Gasteiger partial charge in [0.25, 0.3) is 0 Å². The molecule has 0 aromatic heterocycles. The van der Waals surface area contributed by atoms with Gasteiger partial charge >= 0.3 is 0 Å². The van der Waals surface area contributed by atoms with E-state index in [4.69, 9.17) is 4.74 Å². The number of unbranched alkanes of at least 4 members (excludes halogenated alkanes) is 1. The normalized spacial score (nSPS) is 17.3. The number of nitrogens with one attached hydrogen (secondary N) is 2. The fourth-order valence-electron chi connectivity index (χ4n) is 3.55. The van der Waals surface area contributed by atoms with Gasteiger partial charge in [0.15, 0.2) is 5.96 Å². The van der Waals surface area contributed by atoms with Crippen LogP contribution in [0.5, 0.6) is 0 Å². The monoisotopic (exact) mass is 375 g/mol. The lowest BCUT2D eigenvalue weighted by molar-refractivity contribution is 0.0411. The Morgan fingerprint density at radius 1 is 1.11 bits per heavy atom. The van der Waals surface area contributed by atoms with Crippen LogP contribution in [0.2, 0.25) is 0 Å². The molecule has 5 nitrogen and oxygen atoms in total. The Labute approximate surface area is 164 Å². The number of aliphatic imine (C=N–C) groups is 1. The lowest BCUT2D eigenvalue weighted by Gasteiger charge is -2.18. The summed E-state index contributed by atoms with van der Waals surface area (Å²) < 4.78 is 6.04. The topological polar surface area (TPSA) is 65.9 Å². The van der Waals surface area contributed by atoms with Crippen molar-refractivity contribution in [2.45, 2.75) is 63.4 Å². The second-order valence-corrected chi connectivity index (χ2v) is 7.36. The molecule has 0 aliphatic heterocycles. The van der Waals surface area contributed by atoms with Gasteiger partial charge in [-0.1, -0.05) is 56.0 Å². The minimum absolute atomic E-state index is 0.0673. The summed E-state index contributed by atoms with van der Waals surface area (Å²) in [5.41, 5.74) is 1.14. The molecular formula is C22H37N3O2. The van der Waals surface area contributed by atoms with E-state index in [2.05, 4.69) is 15.6 Å². The van der Waals surface area contributed by atoms with Gasteiger partial charge in [0.05, 0.1) is 12.7 Å². The molecule has 27 heavy (non-hydrogen) atoms. The fourth-order valence-corrected chi connectivity index (χ4v) is 3.55. The Balaban J connectivity index is 1.57. The predicted molar refractivity (Wildman–Crippen MR) is 112 cm³/mol. The van der Waals surface area contributed by atoms with Gasteiger partial charge < -0.3 is 20.5 Å². The smallest absolute Gasteiger partial charge is 0.190 e. The Morgan fingerprint density at radius 3 is 2.52 bits per heavy atom. The molecule has 5 heteroatoms. The summed E-state index contributed by atoms with van der Waals surface area (Å²) in [5, 5.41) is 16.3. The van der Waals surface area contributed by atoms with Gasteiger partial charge in [0.1, 0.15) is 0 Å². The van der Waals surface area contributed by atoms with Crippen molar-refractivity contribution >= 4 is 5.96 Å². The van der Waals surface area contributed by atoms with Crippen LogP contribution in [0, 0.1) is 0 Å². The molecule has 1 aromatic carbocycles. The molecule has 1 aliphatic rings. The molecular weight excluding hydrogens is 338 g/mol. The second kappa shape index (κ2) is 13.6. The van der Waals surface area contributed by atoms with E-state index < -0.39 is 0 Å². The molecule has 1 aliphatic carbocycles. The first-order chi connectivity index (χ1) is 13.3. The van der Waals surface area contributed by atoms with Crippen LogP contribution in [-0.4, -0.2) is 50.5 Å². The maximum absolute atomic E-state index is 9.65. The van der Waals surface area contributed by atoms with Gasteiger partial charge in [0, 0.05) is 32.7 Å². The molecule has 0 radical (unpaired) electrons. The molecule has 1 aromatic rings. The van der Waals surface area contributed by atoms with Crippen LogP contribution in [-0.2, 0) is 4.74 Å². The van der Waals surface area contributed by atoms with Crippen molar-refractivity contribution < 1.29 is 9.84 Å². The van der Waals surface area contributed by atoms with Gasteiger partial charge in [-0.25, -0.2) is 0 Å². The Bertz CT molecular complexity index is 514. The number of hydrogen-bond acceptors (Lipinski definition) is 3. The highest BCUT2D eigenvalue weighted by Gasteiger charge is 2.12. The highest BCUT2D eigenvalue weighted by Crippen LogP contribution is 2.20. The van der Waals surface area contributed by atoms with E-state index in [-0.39, 0.29) is 12.5 Å². The van der Waals surface area contributed by atoms with Crippen LogP contribution in [0.1, 0.15) is 62.8 Å². The number of ether oxygens (including phenoxy) is 1. The highest BCUT2D eigenvalue weighted by molar-refractivity contribution is 5.79. The summed E-state index contributed by atoms with van der Waals surface area (Å²) in [5.74, 6) is 0.854. The molecule has 0 bridgehead atoms. The summed E-state index contributed by atoms with van der Waals surface area (Å²) in [6.45, 7) is 2.51. The largest absolute Gasteiger partial charge is 0.396 e. The first kappa shape index (κ1) is 21.7. The summed E-state index contributed by atoms with van der Waals surface area (Å²) >= 11 is 0.